The van der Waals surface area contributed by atoms with Gasteiger partial charge in [0.1, 0.15) is 0 Å². The maximum Gasteiger partial charge on any atom is 0.0870 e. The van der Waals surface area contributed by atoms with Crippen molar-refractivity contribution in [3.8, 4) is 0 Å². The van der Waals surface area contributed by atoms with Gasteiger partial charge in [-0.1, -0.05) is 0 Å². The first-order valence-electron chi connectivity index (χ1n) is 8.47. The lowest BCUT2D eigenvalue weighted by Crippen LogP contribution is -2.52. The van der Waals surface area contributed by atoms with Gasteiger partial charge >= 0.3 is 0 Å². The minimum absolute atomic E-state index is 0.358. The van der Waals surface area contributed by atoms with E-state index >= 15 is 0 Å². The van der Waals surface area contributed by atoms with Gasteiger partial charge in [0.25, 0.3) is 0 Å². The fraction of sp³-hybridized carbons (Fsp3) is 0.706. The van der Waals surface area contributed by atoms with Crippen molar-refractivity contribution in [2.75, 3.05) is 39.4 Å². The minimum Gasteiger partial charge on any atom is -0.377 e. The van der Waals surface area contributed by atoms with Crippen LogP contribution in [0.1, 0.15) is 18.4 Å². The third kappa shape index (κ3) is 3.18. The molecule has 0 aromatic carbocycles. The van der Waals surface area contributed by atoms with Crippen LogP contribution in [0.3, 0.4) is 0 Å². The van der Waals surface area contributed by atoms with Crippen LogP contribution in [-0.4, -0.2) is 72.4 Å². The highest BCUT2D eigenvalue weighted by Crippen LogP contribution is 2.26. The minimum atomic E-state index is 0.358. The molecule has 4 heterocycles. The van der Waals surface area contributed by atoms with Crippen LogP contribution in [0.25, 0.3) is 0 Å². The standard InChI is InChI=1S/C17H25N3O2/c1-2-15(21-8-1)11-20-7-9-22-17-13-19(12-16(17)20)10-14-3-5-18-6-4-14/h3-6,15-17H,1-2,7-13H2/t15?,16-,17+/m1/s1. The Bertz CT molecular complexity index is 478. The van der Waals surface area contributed by atoms with Crippen LogP contribution in [0.2, 0.25) is 0 Å². The fourth-order valence-electron chi connectivity index (χ4n) is 3.99. The van der Waals surface area contributed by atoms with E-state index in [1.807, 2.05) is 12.4 Å². The Hall–Kier alpha value is -1.01. The molecule has 1 unspecified atom stereocenters. The summed E-state index contributed by atoms with van der Waals surface area (Å²) in [4.78, 5) is 9.22. The Balaban J connectivity index is 1.37. The Morgan fingerprint density at radius 1 is 1.14 bits per heavy atom. The highest BCUT2D eigenvalue weighted by molar-refractivity contribution is 5.10. The number of hydrogen-bond acceptors (Lipinski definition) is 5. The number of aromatic nitrogens is 1. The summed E-state index contributed by atoms with van der Waals surface area (Å²) in [5.74, 6) is 0. The predicted molar refractivity (Wildman–Crippen MR) is 83.6 cm³/mol. The third-order valence-electron chi connectivity index (χ3n) is 5.11. The van der Waals surface area contributed by atoms with Gasteiger partial charge in [-0.05, 0) is 30.5 Å². The molecule has 3 saturated heterocycles. The Labute approximate surface area is 132 Å². The molecular formula is C17H25N3O2. The number of ether oxygens (including phenoxy) is 2. The molecule has 0 N–H and O–H groups in total. The molecule has 0 bridgehead atoms. The van der Waals surface area contributed by atoms with E-state index in [-0.39, 0.29) is 0 Å². The summed E-state index contributed by atoms with van der Waals surface area (Å²) in [6.07, 6.45) is 6.98. The molecule has 1 aromatic heterocycles. The average molecular weight is 303 g/mol. The van der Waals surface area contributed by atoms with Crippen molar-refractivity contribution < 1.29 is 9.47 Å². The largest absolute Gasteiger partial charge is 0.377 e. The molecule has 0 aliphatic carbocycles. The Morgan fingerprint density at radius 3 is 2.86 bits per heavy atom. The second-order valence-electron chi connectivity index (χ2n) is 6.66. The number of hydrogen-bond donors (Lipinski definition) is 0. The maximum absolute atomic E-state index is 6.03. The van der Waals surface area contributed by atoms with E-state index in [0.717, 1.165) is 45.9 Å². The molecule has 22 heavy (non-hydrogen) atoms. The van der Waals surface area contributed by atoms with E-state index < -0.39 is 0 Å². The van der Waals surface area contributed by atoms with E-state index in [0.29, 0.717) is 18.2 Å². The van der Waals surface area contributed by atoms with Crippen LogP contribution in [0.4, 0.5) is 0 Å². The molecular weight excluding hydrogens is 278 g/mol. The number of morpholine rings is 1. The molecule has 3 fully saturated rings. The van der Waals surface area contributed by atoms with Crippen molar-refractivity contribution in [3.63, 3.8) is 0 Å². The Kier molecular flexibility index (Phi) is 4.39. The van der Waals surface area contributed by atoms with Crippen molar-refractivity contribution in [1.29, 1.82) is 0 Å². The second-order valence-corrected chi connectivity index (χ2v) is 6.66. The van der Waals surface area contributed by atoms with Crippen LogP contribution in [0, 0.1) is 0 Å². The first-order chi connectivity index (χ1) is 10.9. The molecule has 3 atom stereocenters. The van der Waals surface area contributed by atoms with E-state index in [9.17, 15) is 0 Å². The molecule has 3 aliphatic heterocycles. The number of likely N-dealkylation sites (tertiary alicyclic amines) is 1. The molecule has 0 spiro atoms. The monoisotopic (exact) mass is 303 g/mol. The average Bonchev–Trinajstić information content (AvgIpc) is 3.18. The first kappa shape index (κ1) is 14.6. The van der Waals surface area contributed by atoms with Gasteiger partial charge in [0.2, 0.25) is 0 Å². The summed E-state index contributed by atoms with van der Waals surface area (Å²) in [5.41, 5.74) is 1.33. The van der Waals surface area contributed by atoms with E-state index in [4.69, 9.17) is 9.47 Å². The fourth-order valence-corrected chi connectivity index (χ4v) is 3.99. The van der Waals surface area contributed by atoms with Crippen molar-refractivity contribution in [1.82, 2.24) is 14.8 Å². The summed E-state index contributed by atoms with van der Waals surface area (Å²) in [7, 11) is 0. The van der Waals surface area contributed by atoms with Gasteiger partial charge in [-0.2, -0.15) is 0 Å². The zero-order valence-electron chi connectivity index (χ0n) is 13.1. The summed E-state index contributed by atoms with van der Waals surface area (Å²) in [5, 5.41) is 0. The van der Waals surface area contributed by atoms with Crippen molar-refractivity contribution in [2.24, 2.45) is 0 Å². The van der Waals surface area contributed by atoms with Crippen LogP contribution in [0.5, 0.6) is 0 Å². The van der Waals surface area contributed by atoms with Gasteiger partial charge in [-0.15, -0.1) is 0 Å². The lowest BCUT2D eigenvalue weighted by molar-refractivity contribution is -0.0615. The highest BCUT2D eigenvalue weighted by Gasteiger charge is 2.40. The summed E-state index contributed by atoms with van der Waals surface area (Å²) < 4.78 is 11.9. The molecule has 3 aliphatic rings. The van der Waals surface area contributed by atoms with Crippen LogP contribution < -0.4 is 0 Å². The number of rotatable bonds is 4. The zero-order chi connectivity index (χ0) is 14.8. The van der Waals surface area contributed by atoms with Crippen molar-refractivity contribution in [2.45, 2.75) is 37.6 Å². The second kappa shape index (κ2) is 6.62. The lowest BCUT2D eigenvalue weighted by atomic mass is 10.1. The zero-order valence-corrected chi connectivity index (χ0v) is 13.1. The quantitative estimate of drug-likeness (QED) is 0.834. The molecule has 0 saturated carbocycles. The number of fused-ring (bicyclic) bond motifs is 1. The van der Waals surface area contributed by atoms with Crippen molar-refractivity contribution >= 4 is 0 Å². The third-order valence-corrected chi connectivity index (χ3v) is 5.11. The van der Waals surface area contributed by atoms with Gasteiger partial charge < -0.3 is 9.47 Å². The maximum atomic E-state index is 6.03. The van der Waals surface area contributed by atoms with Gasteiger partial charge in [0.05, 0.1) is 18.8 Å². The normalized spacial score (nSPS) is 33.2. The molecule has 0 radical (unpaired) electrons. The van der Waals surface area contributed by atoms with E-state index in [1.165, 1.54) is 18.4 Å². The molecule has 4 rings (SSSR count). The van der Waals surface area contributed by atoms with Crippen LogP contribution >= 0.6 is 0 Å². The molecule has 5 nitrogen and oxygen atoms in total. The smallest absolute Gasteiger partial charge is 0.0870 e. The van der Waals surface area contributed by atoms with Crippen LogP contribution in [-0.2, 0) is 16.0 Å². The lowest BCUT2D eigenvalue weighted by Gasteiger charge is -2.38. The summed E-state index contributed by atoms with van der Waals surface area (Å²) in [6.45, 7) is 7.05. The first-order valence-corrected chi connectivity index (χ1v) is 8.47. The SMILES string of the molecule is c1cc(CN2C[C@@H]3OCCN(CC4CCCO4)[C@@H]3C2)ccn1. The molecule has 0 amide bonds. The van der Waals surface area contributed by atoms with E-state index in [2.05, 4.69) is 26.9 Å². The highest BCUT2D eigenvalue weighted by atomic mass is 16.5. The summed E-state index contributed by atoms with van der Waals surface area (Å²) in [6, 6.07) is 4.74. The topological polar surface area (TPSA) is 37.8 Å². The van der Waals surface area contributed by atoms with E-state index in [1.54, 1.807) is 0 Å². The Morgan fingerprint density at radius 2 is 2.05 bits per heavy atom. The molecule has 120 valence electrons. The molecule has 1 aromatic rings. The number of nitrogens with zero attached hydrogens (tertiary/aromatic N) is 3. The molecule has 5 heteroatoms. The van der Waals surface area contributed by atoms with Crippen molar-refractivity contribution in [3.05, 3.63) is 30.1 Å². The predicted octanol–water partition coefficient (Wildman–Crippen LogP) is 1.15. The number of pyridine rings is 1. The summed E-state index contributed by atoms with van der Waals surface area (Å²) >= 11 is 0. The van der Waals surface area contributed by atoms with Gasteiger partial charge in [0.15, 0.2) is 0 Å². The van der Waals surface area contributed by atoms with Gasteiger partial charge in [0, 0.05) is 57.8 Å². The van der Waals surface area contributed by atoms with Gasteiger partial charge in [-0.3, -0.25) is 14.8 Å². The van der Waals surface area contributed by atoms with Crippen LogP contribution in [0.15, 0.2) is 24.5 Å². The van der Waals surface area contributed by atoms with Gasteiger partial charge in [-0.25, -0.2) is 0 Å².